The van der Waals surface area contributed by atoms with Crippen molar-refractivity contribution in [3.63, 3.8) is 0 Å². The minimum absolute atomic E-state index is 0.395. The summed E-state index contributed by atoms with van der Waals surface area (Å²) in [6.07, 6.45) is 2.33. The average Bonchev–Trinajstić information content (AvgIpc) is 2.16. The van der Waals surface area contributed by atoms with Crippen LogP contribution in [-0.2, 0) is 9.59 Å². The number of carboxylic acid groups (broad SMARTS) is 1. The second-order valence-corrected chi connectivity index (χ2v) is 2.82. The van der Waals surface area contributed by atoms with E-state index in [2.05, 4.69) is 0 Å². The zero-order chi connectivity index (χ0) is 11.3. The third-order valence-electron chi connectivity index (χ3n) is 1.55. The summed E-state index contributed by atoms with van der Waals surface area (Å²) in [4.78, 5) is 20.7. The van der Waals surface area contributed by atoms with Crippen LogP contribution in [0.25, 0.3) is 6.08 Å². The average molecular weight is 205 g/mol. The Kier molecular flexibility index (Phi) is 3.62. The Labute approximate surface area is 86.8 Å². The van der Waals surface area contributed by atoms with E-state index < -0.39 is 11.9 Å². The van der Waals surface area contributed by atoms with Gasteiger partial charge in [-0.25, -0.2) is 0 Å². The van der Waals surface area contributed by atoms with Crippen LogP contribution in [0.3, 0.4) is 0 Å². The van der Waals surface area contributed by atoms with Crippen LogP contribution in [-0.4, -0.2) is 11.9 Å². The van der Waals surface area contributed by atoms with E-state index in [-0.39, 0.29) is 0 Å². The van der Waals surface area contributed by atoms with E-state index in [1.165, 1.54) is 13.0 Å². The van der Waals surface area contributed by atoms with Crippen molar-refractivity contribution in [1.29, 1.82) is 0 Å². The Bertz CT molecular complexity index is 390. The van der Waals surface area contributed by atoms with Crippen molar-refractivity contribution in [2.75, 3.05) is 0 Å². The monoisotopic (exact) mass is 205 g/mol. The van der Waals surface area contributed by atoms with E-state index in [1.807, 2.05) is 0 Å². The zero-order valence-corrected chi connectivity index (χ0v) is 8.10. The Morgan fingerprint density at radius 2 is 1.87 bits per heavy atom. The lowest BCUT2D eigenvalue weighted by Crippen LogP contribution is -2.18. The summed E-state index contributed by atoms with van der Waals surface area (Å²) in [6.45, 7) is 1.31. The van der Waals surface area contributed by atoms with Crippen molar-refractivity contribution in [2.24, 2.45) is 0 Å². The molecule has 0 saturated carbocycles. The first kappa shape index (κ1) is 11.0. The zero-order valence-electron chi connectivity index (χ0n) is 8.10. The molecule has 0 heterocycles. The number of hydrogen-bond donors (Lipinski definition) is 0. The maximum Gasteiger partial charge on any atom is 0.308 e. The van der Waals surface area contributed by atoms with Crippen LogP contribution in [0.4, 0.5) is 0 Å². The largest absolute Gasteiger partial charge is 0.545 e. The standard InChI is InChI=1S/C11H10O4/c1-8(12)15-10-5-2-9(3-6-10)4-7-11(13)14/h2-7H,1H3,(H,13,14)/p-1/b7-4-. The maximum atomic E-state index is 10.6. The molecule has 0 spiro atoms. The molecule has 0 bridgehead atoms. The van der Waals surface area contributed by atoms with Gasteiger partial charge in [0, 0.05) is 6.92 Å². The number of aliphatic carboxylic acids is 1. The van der Waals surface area contributed by atoms with Gasteiger partial charge in [-0.2, -0.15) is 0 Å². The molecule has 0 aromatic heterocycles. The topological polar surface area (TPSA) is 66.4 Å². The number of carbonyl (C=O) groups excluding carboxylic acids is 2. The molecule has 4 heteroatoms. The maximum absolute atomic E-state index is 10.6. The highest BCUT2D eigenvalue weighted by Crippen LogP contribution is 2.13. The fourth-order valence-electron chi connectivity index (χ4n) is 0.977. The van der Waals surface area contributed by atoms with Gasteiger partial charge in [-0.05, 0) is 23.8 Å². The molecule has 78 valence electrons. The molecule has 0 aliphatic carbocycles. The minimum atomic E-state index is -1.25. The van der Waals surface area contributed by atoms with Crippen molar-refractivity contribution < 1.29 is 19.4 Å². The molecule has 0 saturated heterocycles. The first-order chi connectivity index (χ1) is 7.08. The predicted molar refractivity (Wildman–Crippen MR) is 51.8 cm³/mol. The van der Waals surface area contributed by atoms with Gasteiger partial charge >= 0.3 is 5.97 Å². The molecular weight excluding hydrogens is 196 g/mol. The van der Waals surface area contributed by atoms with Crippen LogP contribution in [0.2, 0.25) is 0 Å². The summed E-state index contributed by atoms with van der Waals surface area (Å²) in [5, 5.41) is 10.1. The molecule has 0 atom stereocenters. The summed E-state index contributed by atoms with van der Waals surface area (Å²) in [6, 6.07) is 6.43. The molecule has 4 nitrogen and oxygen atoms in total. The number of esters is 1. The molecule has 0 aliphatic heterocycles. The van der Waals surface area contributed by atoms with Gasteiger partial charge in [0.1, 0.15) is 5.75 Å². The number of benzene rings is 1. The van der Waals surface area contributed by atoms with Crippen molar-refractivity contribution in [3.05, 3.63) is 35.9 Å². The van der Waals surface area contributed by atoms with Crippen LogP contribution < -0.4 is 9.84 Å². The Balaban J connectivity index is 2.72. The second kappa shape index (κ2) is 4.95. The molecule has 0 amide bonds. The summed E-state index contributed by atoms with van der Waals surface area (Å²) in [7, 11) is 0. The molecule has 0 N–H and O–H groups in total. The fourth-order valence-corrected chi connectivity index (χ4v) is 0.977. The highest BCUT2D eigenvalue weighted by Gasteiger charge is 1.96. The number of carbonyl (C=O) groups is 2. The van der Waals surface area contributed by atoms with Gasteiger partial charge < -0.3 is 14.6 Å². The van der Waals surface area contributed by atoms with Gasteiger partial charge in [-0.3, -0.25) is 4.79 Å². The molecule has 0 radical (unpaired) electrons. The number of ether oxygens (including phenoxy) is 1. The lowest BCUT2D eigenvalue weighted by molar-refractivity contribution is -0.297. The van der Waals surface area contributed by atoms with Crippen LogP contribution in [0, 0.1) is 0 Å². The van der Waals surface area contributed by atoms with E-state index in [9.17, 15) is 14.7 Å². The van der Waals surface area contributed by atoms with Gasteiger partial charge in [-0.15, -0.1) is 0 Å². The molecule has 1 rings (SSSR count). The summed E-state index contributed by atoms with van der Waals surface area (Å²) >= 11 is 0. The SMILES string of the molecule is CC(=O)Oc1ccc(/C=C\C(=O)[O-])cc1. The van der Waals surface area contributed by atoms with Crippen molar-refractivity contribution in [2.45, 2.75) is 6.92 Å². The number of rotatable bonds is 3. The first-order valence-corrected chi connectivity index (χ1v) is 4.25. The van der Waals surface area contributed by atoms with Crippen molar-refractivity contribution in [3.8, 4) is 5.75 Å². The van der Waals surface area contributed by atoms with Crippen LogP contribution in [0.1, 0.15) is 12.5 Å². The lowest BCUT2D eigenvalue weighted by Gasteiger charge is -2.00. The molecule has 0 unspecified atom stereocenters. The van der Waals surface area contributed by atoms with E-state index >= 15 is 0 Å². The second-order valence-electron chi connectivity index (χ2n) is 2.82. The fraction of sp³-hybridized carbons (Fsp3) is 0.0909. The van der Waals surface area contributed by atoms with E-state index in [1.54, 1.807) is 24.3 Å². The number of hydrogen-bond acceptors (Lipinski definition) is 4. The van der Waals surface area contributed by atoms with Gasteiger partial charge in [0.2, 0.25) is 0 Å². The third-order valence-corrected chi connectivity index (χ3v) is 1.55. The van der Waals surface area contributed by atoms with Gasteiger partial charge in [0.15, 0.2) is 0 Å². The minimum Gasteiger partial charge on any atom is -0.545 e. The molecule has 0 aliphatic rings. The van der Waals surface area contributed by atoms with Gasteiger partial charge in [-0.1, -0.05) is 18.2 Å². The first-order valence-electron chi connectivity index (χ1n) is 4.25. The predicted octanol–water partition coefficient (Wildman–Crippen LogP) is 0.375. The Morgan fingerprint density at radius 1 is 1.27 bits per heavy atom. The van der Waals surface area contributed by atoms with Crippen LogP contribution >= 0.6 is 0 Å². The lowest BCUT2D eigenvalue weighted by atomic mass is 10.2. The van der Waals surface area contributed by atoms with E-state index in [0.717, 1.165) is 6.08 Å². The normalized spacial score (nSPS) is 10.2. The molecule has 0 fully saturated rings. The summed E-state index contributed by atoms with van der Waals surface area (Å²) in [5.74, 6) is -1.22. The summed E-state index contributed by atoms with van der Waals surface area (Å²) < 4.78 is 4.80. The van der Waals surface area contributed by atoms with Crippen molar-refractivity contribution >= 4 is 18.0 Å². The van der Waals surface area contributed by atoms with Crippen LogP contribution in [0.5, 0.6) is 5.75 Å². The number of carboxylic acids is 1. The summed E-state index contributed by atoms with van der Waals surface area (Å²) in [5.41, 5.74) is 0.690. The highest BCUT2D eigenvalue weighted by atomic mass is 16.5. The van der Waals surface area contributed by atoms with E-state index in [4.69, 9.17) is 4.74 Å². The molecule has 15 heavy (non-hydrogen) atoms. The van der Waals surface area contributed by atoms with Gasteiger partial charge in [0.05, 0.1) is 5.97 Å². The van der Waals surface area contributed by atoms with Crippen LogP contribution in [0.15, 0.2) is 30.3 Å². The quantitative estimate of drug-likeness (QED) is 0.406. The third kappa shape index (κ3) is 4.08. The molecular formula is C11H9O4-. The molecule has 1 aromatic rings. The highest BCUT2D eigenvalue weighted by molar-refractivity contribution is 5.83. The van der Waals surface area contributed by atoms with E-state index in [0.29, 0.717) is 11.3 Å². The van der Waals surface area contributed by atoms with Gasteiger partial charge in [0.25, 0.3) is 0 Å². The Hall–Kier alpha value is -2.10. The molecule has 1 aromatic carbocycles. The van der Waals surface area contributed by atoms with Crippen molar-refractivity contribution in [1.82, 2.24) is 0 Å². The Morgan fingerprint density at radius 3 is 2.33 bits per heavy atom. The smallest absolute Gasteiger partial charge is 0.308 e.